The molecular weight excluding hydrogens is 478 g/mol. The second-order valence-electron chi connectivity index (χ2n) is 7.55. The summed E-state index contributed by atoms with van der Waals surface area (Å²) in [5.74, 6) is 1.34. The second-order valence-corrected chi connectivity index (χ2v) is 10.3. The molecule has 1 amide bonds. The first kappa shape index (κ1) is 24.0. The summed E-state index contributed by atoms with van der Waals surface area (Å²) >= 11 is 1.27. The molecule has 1 aliphatic heterocycles. The summed E-state index contributed by atoms with van der Waals surface area (Å²) in [4.78, 5) is 17.6. The van der Waals surface area contributed by atoms with Crippen molar-refractivity contribution in [3.05, 3.63) is 47.8 Å². The Bertz CT molecular complexity index is 1270. The van der Waals surface area contributed by atoms with E-state index in [4.69, 9.17) is 14.2 Å². The van der Waals surface area contributed by atoms with Gasteiger partial charge in [-0.1, -0.05) is 0 Å². The largest absolute Gasteiger partial charge is 0.497 e. The maximum absolute atomic E-state index is 13.2. The molecule has 3 aromatic rings. The first-order chi connectivity index (χ1) is 16.4. The Morgan fingerprint density at radius 2 is 1.79 bits per heavy atom. The van der Waals surface area contributed by atoms with E-state index >= 15 is 0 Å². The number of thiazole rings is 1. The van der Waals surface area contributed by atoms with Crippen LogP contribution in [0.1, 0.15) is 12.8 Å². The highest BCUT2D eigenvalue weighted by Gasteiger charge is 2.39. The molecule has 0 spiro atoms. The van der Waals surface area contributed by atoms with Gasteiger partial charge in [0.15, 0.2) is 16.6 Å². The van der Waals surface area contributed by atoms with Gasteiger partial charge in [-0.2, -0.15) is 4.31 Å². The molecule has 1 aromatic heterocycles. The summed E-state index contributed by atoms with van der Waals surface area (Å²) in [6.45, 7) is 0.279. The first-order valence-electron chi connectivity index (χ1n) is 10.5. The molecular formula is C23H25N3O6S2. The molecule has 4 rings (SSSR count). The third kappa shape index (κ3) is 4.72. The molecule has 1 N–H and O–H groups in total. The third-order valence-electron chi connectivity index (χ3n) is 5.59. The molecule has 34 heavy (non-hydrogen) atoms. The fourth-order valence-electron chi connectivity index (χ4n) is 3.82. The van der Waals surface area contributed by atoms with E-state index in [1.54, 1.807) is 38.5 Å². The number of carbonyl (C=O) groups excluding carboxylic acids is 1. The molecule has 1 saturated heterocycles. The van der Waals surface area contributed by atoms with Crippen molar-refractivity contribution < 1.29 is 27.4 Å². The Hall–Kier alpha value is -3.15. The maximum atomic E-state index is 13.2. The number of nitrogens with zero attached hydrogens (tertiary/aromatic N) is 2. The van der Waals surface area contributed by atoms with E-state index in [0.717, 1.165) is 5.56 Å². The number of nitrogens with one attached hydrogen (secondary N) is 1. The van der Waals surface area contributed by atoms with Crippen molar-refractivity contribution in [2.45, 2.75) is 23.8 Å². The van der Waals surface area contributed by atoms with Gasteiger partial charge in [0, 0.05) is 17.5 Å². The van der Waals surface area contributed by atoms with Gasteiger partial charge >= 0.3 is 0 Å². The van der Waals surface area contributed by atoms with E-state index in [1.807, 2.05) is 11.4 Å². The lowest BCUT2D eigenvalue weighted by atomic mass is 10.1. The molecule has 1 unspecified atom stereocenters. The van der Waals surface area contributed by atoms with Crippen LogP contribution in [0.3, 0.4) is 0 Å². The number of rotatable bonds is 8. The van der Waals surface area contributed by atoms with Crippen molar-refractivity contribution in [2.24, 2.45) is 0 Å². The van der Waals surface area contributed by atoms with E-state index in [-0.39, 0.29) is 11.4 Å². The molecule has 0 bridgehead atoms. The third-order valence-corrected chi connectivity index (χ3v) is 8.27. The van der Waals surface area contributed by atoms with Crippen LogP contribution in [-0.2, 0) is 14.8 Å². The normalized spacial score (nSPS) is 16.3. The molecule has 2 heterocycles. The monoisotopic (exact) mass is 503 g/mol. The predicted molar refractivity (Wildman–Crippen MR) is 129 cm³/mol. The Kier molecular flexibility index (Phi) is 7.05. The van der Waals surface area contributed by atoms with Gasteiger partial charge in [-0.3, -0.25) is 4.79 Å². The van der Waals surface area contributed by atoms with Crippen molar-refractivity contribution in [3.8, 4) is 28.5 Å². The molecule has 0 radical (unpaired) electrons. The average molecular weight is 504 g/mol. The van der Waals surface area contributed by atoms with E-state index < -0.39 is 22.0 Å². The highest BCUT2D eigenvalue weighted by molar-refractivity contribution is 7.89. The van der Waals surface area contributed by atoms with Gasteiger partial charge in [-0.05, 0) is 55.3 Å². The molecule has 0 aliphatic carbocycles. The van der Waals surface area contributed by atoms with Crippen molar-refractivity contribution in [1.82, 2.24) is 9.29 Å². The van der Waals surface area contributed by atoms with Crippen LogP contribution in [0, 0.1) is 0 Å². The average Bonchev–Trinajstić information content (AvgIpc) is 3.54. The lowest BCUT2D eigenvalue weighted by Gasteiger charge is -2.23. The molecule has 180 valence electrons. The summed E-state index contributed by atoms with van der Waals surface area (Å²) in [7, 11) is 0.807. The highest BCUT2D eigenvalue weighted by atomic mass is 32.2. The van der Waals surface area contributed by atoms with Gasteiger partial charge < -0.3 is 19.5 Å². The van der Waals surface area contributed by atoms with Gasteiger partial charge in [0.05, 0.1) is 31.9 Å². The minimum absolute atomic E-state index is 0.123. The molecule has 1 aliphatic rings. The summed E-state index contributed by atoms with van der Waals surface area (Å²) < 4.78 is 43.3. The summed E-state index contributed by atoms with van der Waals surface area (Å²) in [6, 6.07) is 10.8. The van der Waals surface area contributed by atoms with E-state index in [9.17, 15) is 13.2 Å². The minimum atomic E-state index is -3.83. The number of aromatic nitrogens is 1. The minimum Gasteiger partial charge on any atom is -0.497 e. The van der Waals surface area contributed by atoms with E-state index in [1.165, 1.54) is 34.9 Å². The summed E-state index contributed by atoms with van der Waals surface area (Å²) in [6.07, 6.45) is 1.04. The fraction of sp³-hybridized carbons (Fsp3) is 0.304. The number of amides is 1. The zero-order valence-electron chi connectivity index (χ0n) is 19.0. The number of benzene rings is 2. The van der Waals surface area contributed by atoms with Crippen molar-refractivity contribution in [2.75, 3.05) is 33.2 Å². The van der Waals surface area contributed by atoms with Crippen LogP contribution in [0.25, 0.3) is 11.3 Å². The van der Waals surface area contributed by atoms with Crippen molar-refractivity contribution in [1.29, 1.82) is 0 Å². The molecule has 11 heteroatoms. The van der Waals surface area contributed by atoms with Crippen molar-refractivity contribution in [3.63, 3.8) is 0 Å². The first-order valence-corrected chi connectivity index (χ1v) is 12.8. The molecule has 1 fully saturated rings. The lowest BCUT2D eigenvalue weighted by molar-refractivity contribution is -0.119. The Labute approximate surface area is 202 Å². The Morgan fingerprint density at radius 3 is 2.47 bits per heavy atom. The van der Waals surface area contributed by atoms with Gasteiger partial charge in [0.2, 0.25) is 15.9 Å². The lowest BCUT2D eigenvalue weighted by Crippen LogP contribution is -2.43. The highest BCUT2D eigenvalue weighted by Crippen LogP contribution is 2.34. The Morgan fingerprint density at radius 1 is 1.06 bits per heavy atom. The van der Waals surface area contributed by atoms with Crippen LogP contribution in [-0.4, -0.2) is 57.5 Å². The van der Waals surface area contributed by atoms with Crippen LogP contribution >= 0.6 is 11.3 Å². The van der Waals surface area contributed by atoms with Crippen LogP contribution < -0.4 is 19.5 Å². The number of sulfonamides is 1. The smallest absolute Gasteiger partial charge is 0.244 e. The number of anilines is 1. The standard InChI is InChI=1S/C23H25N3O6S2/c1-30-16-7-9-17(10-8-16)34(28,29)26-12-4-5-19(26)22(27)25-23-24-18(14-33-23)15-6-11-20(31-2)21(13-15)32-3/h6-11,13-14,19H,4-5,12H2,1-3H3,(H,24,25,27). The van der Waals surface area contributed by atoms with E-state index in [0.29, 0.717) is 40.9 Å². The summed E-state index contributed by atoms with van der Waals surface area (Å²) in [5.41, 5.74) is 1.47. The number of hydrogen-bond acceptors (Lipinski definition) is 8. The molecule has 2 aromatic carbocycles. The van der Waals surface area contributed by atoms with Gasteiger partial charge in [0.25, 0.3) is 0 Å². The fourth-order valence-corrected chi connectivity index (χ4v) is 6.20. The van der Waals surface area contributed by atoms with Crippen LogP contribution in [0.2, 0.25) is 0 Å². The zero-order valence-corrected chi connectivity index (χ0v) is 20.6. The van der Waals surface area contributed by atoms with Gasteiger partial charge in [-0.25, -0.2) is 13.4 Å². The quantitative estimate of drug-likeness (QED) is 0.500. The number of hydrogen-bond donors (Lipinski definition) is 1. The van der Waals surface area contributed by atoms with Crippen LogP contribution in [0.15, 0.2) is 52.7 Å². The van der Waals surface area contributed by atoms with Crippen molar-refractivity contribution >= 4 is 32.4 Å². The second kappa shape index (κ2) is 10.00. The van der Waals surface area contributed by atoms with Crippen LogP contribution in [0.5, 0.6) is 17.2 Å². The number of methoxy groups -OCH3 is 3. The molecule has 9 nitrogen and oxygen atoms in total. The van der Waals surface area contributed by atoms with Gasteiger partial charge in [-0.15, -0.1) is 11.3 Å². The van der Waals surface area contributed by atoms with Gasteiger partial charge in [0.1, 0.15) is 11.8 Å². The zero-order chi connectivity index (χ0) is 24.3. The Balaban J connectivity index is 1.50. The molecule has 1 atom stereocenters. The SMILES string of the molecule is COc1ccc(S(=O)(=O)N2CCCC2C(=O)Nc2nc(-c3ccc(OC)c(OC)c3)cs2)cc1. The van der Waals surface area contributed by atoms with Crippen LogP contribution in [0.4, 0.5) is 5.13 Å². The predicted octanol–water partition coefficient (Wildman–Crippen LogP) is 3.63. The molecule has 0 saturated carbocycles. The summed E-state index contributed by atoms with van der Waals surface area (Å²) in [5, 5.41) is 4.99. The topological polar surface area (TPSA) is 107 Å². The maximum Gasteiger partial charge on any atom is 0.244 e. The number of ether oxygens (including phenoxy) is 3. The number of carbonyl (C=O) groups is 1. The van der Waals surface area contributed by atoms with E-state index in [2.05, 4.69) is 10.3 Å².